The molecule has 1 aliphatic heterocycles. The standard InChI is InChI=1S/C26H28N2O4/c1-17(2)19-5-7-21(8-6-19)28(26(30)31)22-9-10-23-20(15-22)12-13-27(23)16-18-4-11-25(32-3)24(29)14-18/h4-11,14-15,17,29H,12-13,16H2,1-3H3,(H,30,31). The first-order valence-electron chi connectivity index (χ1n) is 10.7. The van der Waals surface area contributed by atoms with Gasteiger partial charge in [0.2, 0.25) is 0 Å². The molecule has 0 unspecified atom stereocenters. The van der Waals surface area contributed by atoms with Crippen LogP contribution in [0, 0.1) is 0 Å². The van der Waals surface area contributed by atoms with Crippen LogP contribution >= 0.6 is 0 Å². The Morgan fingerprint density at radius 3 is 2.41 bits per heavy atom. The Hall–Kier alpha value is -3.67. The topological polar surface area (TPSA) is 73.2 Å². The molecule has 3 aromatic rings. The predicted molar refractivity (Wildman–Crippen MR) is 127 cm³/mol. The van der Waals surface area contributed by atoms with Gasteiger partial charge in [0.15, 0.2) is 11.5 Å². The maximum absolute atomic E-state index is 12.1. The van der Waals surface area contributed by atoms with Gasteiger partial charge in [0.05, 0.1) is 18.5 Å². The van der Waals surface area contributed by atoms with Gasteiger partial charge in [-0.3, -0.25) is 0 Å². The number of methoxy groups -OCH3 is 1. The van der Waals surface area contributed by atoms with Gasteiger partial charge in [0, 0.05) is 18.8 Å². The Labute approximate surface area is 188 Å². The maximum atomic E-state index is 12.1. The van der Waals surface area contributed by atoms with E-state index in [1.165, 1.54) is 17.6 Å². The number of anilines is 3. The highest BCUT2D eigenvalue weighted by atomic mass is 16.5. The molecule has 0 atom stereocenters. The van der Waals surface area contributed by atoms with Crippen molar-refractivity contribution in [2.45, 2.75) is 32.7 Å². The molecule has 0 radical (unpaired) electrons. The molecule has 0 fully saturated rings. The first-order chi connectivity index (χ1) is 15.4. The number of hydrogen-bond donors (Lipinski definition) is 2. The molecule has 0 saturated carbocycles. The second kappa shape index (κ2) is 8.83. The van der Waals surface area contributed by atoms with Crippen LogP contribution in [0.2, 0.25) is 0 Å². The molecule has 1 heterocycles. The molecule has 3 aromatic carbocycles. The van der Waals surface area contributed by atoms with Crippen LogP contribution in [0.15, 0.2) is 60.7 Å². The molecule has 32 heavy (non-hydrogen) atoms. The Morgan fingerprint density at radius 1 is 1.06 bits per heavy atom. The number of carboxylic acid groups (broad SMARTS) is 1. The van der Waals surface area contributed by atoms with Crippen LogP contribution in [0.3, 0.4) is 0 Å². The fraction of sp³-hybridized carbons (Fsp3) is 0.269. The number of fused-ring (bicyclic) bond motifs is 1. The molecule has 0 aromatic heterocycles. The summed E-state index contributed by atoms with van der Waals surface area (Å²) in [7, 11) is 1.53. The molecular weight excluding hydrogens is 404 g/mol. The SMILES string of the molecule is COc1ccc(CN2CCc3cc(N(C(=O)O)c4ccc(C(C)C)cc4)ccc32)cc1O. The van der Waals surface area contributed by atoms with E-state index in [1.807, 2.05) is 48.5 Å². The van der Waals surface area contributed by atoms with Crippen LogP contribution in [0.4, 0.5) is 21.9 Å². The van der Waals surface area contributed by atoms with Crippen molar-refractivity contribution < 1.29 is 19.7 Å². The van der Waals surface area contributed by atoms with Gasteiger partial charge < -0.3 is 19.8 Å². The third-order valence-corrected chi connectivity index (χ3v) is 5.94. The van der Waals surface area contributed by atoms with Gasteiger partial charge in [-0.25, -0.2) is 9.69 Å². The summed E-state index contributed by atoms with van der Waals surface area (Å²) >= 11 is 0. The van der Waals surface area contributed by atoms with Crippen LogP contribution in [-0.2, 0) is 13.0 Å². The Morgan fingerprint density at radius 2 is 1.78 bits per heavy atom. The highest BCUT2D eigenvalue weighted by molar-refractivity contribution is 5.95. The van der Waals surface area contributed by atoms with Crippen molar-refractivity contribution >= 4 is 23.2 Å². The van der Waals surface area contributed by atoms with E-state index in [9.17, 15) is 15.0 Å². The minimum atomic E-state index is -1.01. The minimum Gasteiger partial charge on any atom is -0.504 e. The van der Waals surface area contributed by atoms with E-state index in [-0.39, 0.29) is 5.75 Å². The van der Waals surface area contributed by atoms with Gasteiger partial charge in [-0.05, 0) is 71.5 Å². The second-order valence-electron chi connectivity index (χ2n) is 8.35. The number of phenolic OH excluding ortho intramolecular Hbond substituents is 1. The van der Waals surface area contributed by atoms with E-state index in [4.69, 9.17) is 4.74 Å². The van der Waals surface area contributed by atoms with Gasteiger partial charge in [-0.15, -0.1) is 0 Å². The summed E-state index contributed by atoms with van der Waals surface area (Å²) in [6.45, 7) is 5.72. The van der Waals surface area contributed by atoms with Gasteiger partial charge in [-0.2, -0.15) is 0 Å². The lowest BCUT2D eigenvalue weighted by Crippen LogP contribution is -2.23. The van der Waals surface area contributed by atoms with E-state index in [1.54, 1.807) is 12.1 Å². The van der Waals surface area contributed by atoms with Gasteiger partial charge in [0.25, 0.3) is 0 Å². The number of aromatic hydroxyl groups is 1. The first-order valence-corrected chi connectivity index (χ1v) is 10.7. The molecule has 0 aliphatic carbocycles. The summed E-state index contributed by atoms with van der Waals surface area (Å²) < 4.78 is 5.12. The molecular formula is C26H28N2O4. The largest absolute Gasteiger partial charge is 0.504 e. The van der Waals surface area contributed by atoms with Crippen LogP contribution in [0.1, 0.15) is 36.5 Å². The minimum absolute atomic E-state index is 0.125. The summed E-state index contributed by atoms with van der Waals surface area (Å²) in [6, 6.07) is 18.9. The van der Waals surface area contributed by atoms with E-state index >= 15 is 0 Å². The third kappa shape index (κ3) is 4.21. The van der Waals surface area contributed by atoms with Crippen molar-refractivity contribution in [2.75, 3.05) is 23.5 Å². The average molecular weight is 433 g/mol. The van der Waals surface area contributed by atoms with Crippen molar-refractivity contribution in [3.63, 3.8) is 0 Å². The Kier molecular flexibility index (Phi) is 5.95. The summed E-state index contributed by atoms with van der Waals surface area (Å²) in [6.07, 6.45) is -0.170. The molecule has 0 saturated heterocycles. The number of amides is 1. The number of carbonyl (C=O) groups is 1. The smallest absolute Gasteiger partial charge is 0.416 e. The summed E-state index contributed by atoms with van der Waals surface area (Å²) in [4.78, 5) is 15.7. The molecule has 6 nitrogen and oxygen atoms in total. The van der Waals surface area contributed by atoms with E-state index in [2.05, 4.69) is 18.7 Å². The molecule has 2 N–H and O–H groups in total. The molecule has 0 bridgehead atoms. The zero-order valence-electron chi connectivity index (χ0n) is 18.6. The fourth-order valence-electron chi connectivity index (χ4n) is 4.19. The number of rotatable bonds is 6. The number of hydrogen-bond acceptors (Lipinski definition) is 4. The zero-order valence-corrected chi connectivity index (χ0v) is 18.6. The lowest BCUT2D eigenvalue weighted by atomic mass is 10.0. The van der Waals surface area contributed by atoms with Gasteiger partial charge in [-0.1, -0.05) is 32.0 Å². The first kappa shape index (κ1) is 21.6. The zero-order chi connectivity index (χ0) is 22.8. The van der Waals surface area contributed by atoms with Crippen LogP contribution in [-0.4, -0.2) is 30.0 Å². The van der Waals surface area contributed by atoms with Crippen LogP contribution in [0.5, 0.6) is 11.5 Å². The van der Waals surface area contributed by atoms with Crippen molar-refractivity contribution in [1.82, 2.24) is 0 Å². The fourth-order valence-corrected chi connectivity index (χ4v) is 4.19. The van der Waals surface area contributed by atoms with Crippen molar-refractivity contribution in [3.8, 4) is 11.5 Å². The lowest BCUT2D eigenvalue weighted by molar-refractivity contribution is 0.205. The summed E-state index contributed by atoms with van der Waals surface area (Å²) in [5.41, 5.74) is 5.63. The molecule has 6 heteroatoms. The maximum Gasteiger partial charge on any atom is 0.416 e. The van der Waals surface area contributed by atoms with Crippen molar-refractivity contribution in [1.29, 1.82) is 0 Å². The number of benzene rings is 3. The molecule has 1 amide bonds. The van der Waals surface area contributed by atoms with E-state index in [0.717, 1.165) is 29.8 Å². The predicted octanol–water partition coefficient (Wildman–Crippen LogP) is 5.90. The van der Waals surface area contributed by atoms with Gasteiger partial charge in [0.1, 0.15) is 0 Å². The normalized spacial score (nSPS) is 12.7. The van der Waals surface area contributed by atoms with Gasteiger partial charge >= 0.3 is 6.09 Å². The van der Waals surface area contributed by atoms with Crippen molar-refractivity contribution in [2.24, 2.45) is 0 Å². The monoisotopic (exact) mass is 432 g/mol. The molecule has 0 spiro atoms. The quantitative estimate of drug-likeness (QED) is 0.507. The number of phenols is 1. The van der Waals surface area contributed by atoms with E-state index in [0.29, 0.717) is 29.6 Å². The van der Waals surface area contributed by atoms with E-state index < -0.39 is 6.09 Å². The van der Waals surface area contributed by atoms with Crippen LogP contribution in [0.25, 0.3) is 0 Å². The highest BCUT2D eigenvalue weighted by Crippen LogP contribution is 2.36. The molecule has 1 aliphatic rings. The third-order valence-electron chi connectivity index (χ3n) is 5.94. The molecule has 4 rings (SSSR count). The second-order valence-corrected chi connectivity index (χ2v) is 8.35. The van der Waals surface area contributed by atoms with Crippen LogP contribution < -0.4 is 14.5 Å². The van der Waals surface area contributed by atoms with Crippen molar-refractivity contribution in [3.05, 3.63) is 77.4 Å². The summed E-state index contributed by atoms with van der Waals surface area (Å²) in [5, 5.41) is 20.0. The number of nitrogens with zero attached hydrogens (tertiary/aromatic N) is 2. The lowest BCUT2D eigenvalue weighted by Gasteiger charge is -2.23. The number of ether oxygens (including phenoxy) is 1. The average Bonchev–Trinajstić information content (AvgIpc) is 3.16. The Balaban J connectivity index is 1.58. The Bertz CT molecular complexity index is 1130. The highest BCUT2D eigenvalue weighted by Gasteiger charge is 2.23. The molecule has 166 valence electrons. The summed E-state index contributed by atoms with van der Waals surface area (Å²) in [5.74, 6) is 0.969.